The first-order valence-corrected chi connectivity index (χ1v) is 7.13. The Morgan fingerprint density at radius 2 is 1.83 bits per heavy atom. The van der Waals surface area contributed by atoms with E-state index in [4.69, 9.17) is 11.6 Å². The van der Waals surface area contributed by atoms with Crippen LogP contribution in [0, 0.1) is 5.92 Å². The Hall–Kier alpha value is -1.02. The maximum Gasteiger partial charge on any atom is 0.251 e. The van der Waals surface area contributed by atoms with Crippen molar-refractivity contribution >= 4 is 17.5 Å². The van der Waals surface area contributed by atoms with E-state index in [1.165, 1.54) is 19.3 Å². The third-order valence-electron chi connectivity index (χ3n) is 3.87. The quantitative estimate of drug-likeness (QED) is 0.878. The number of carbonyl (C=O) groups excluding carboxylic acids is 1. The van der Waals surface area contributed by atoms with Crippen molar-refractivity contribution in [3.05, 3.63) is 34.9 Å². The van der Waals surface area contributed by atoms with Gasteiger partial charge >= 0.3 is 0 Å². The molecule has 1 saturated carbocycles. The highest BCUT2D eigenvalue weighted by Gasteiger charge is 2.21. The van der Waals surface area contributed by atoms with Gasteiger partial charge in [-0.1, -0.05) is 24.9 Å². The van der Waals surface area contributed by atoms with Crippen LogP contribution in [0.4, 0.5) is 0 Å². The number of halogens is 1. The fraction of sp³-hybridized carbons (Fsp3) is 0.533. The SMILES string of the molecule is CCC1CCC(NC(=O)c2ccc(Cl)cc2)CC1. The highest BCUT2D eigenvalue weighted by Crippen LogP contribution is 2.26. The smallest absolute Gasteiger partial charge is 0.251 e. The molecule has 1 N–H and O–H groups in total. The first-order chi connectivity index (χ1) is 8.69. The van der Waals surface area contributed by atoms with E-state index in [1.54, 1.807) is 24.3 Å². The van der Waals surface area contributed by atoms with Crippen LogP contribution < -0.4 is 5.32 Å². The first-order valence-electron chi connectivity index (χ1n) is 6.75. The predicted molar refractivity (Wildman–Crippen MR) is 75.0 cm³/mol. The molecule has 1 aromatic rings. The molecule has 0 heterocycles. The topological polar surface area (TPSA) is 29.1 Å². The van der Waals surface area contributed by atoms with E-state index in [1.807, 2.05) is 0 Å². The van der Waals surface area contributed by atoms with Gasteiger partial charge in [-0.2, -0.15) is 0 Å². The molecule has 2 nitrogen and oxygen atoms in total. The summed E-state index contributed by atoms with van der Waals surface area (Å²) in [5, 5.41) is 3.78. The van der Waals surface area contributed by atoms with Crippen LogP contribution in [0.1, 0.15) is 49.4 Å². The summed E-state index contributed by atoms with van der Waals surface area (Å²) >= 11 is 5.81. The van der Waals surface area contributed by atoms with Crippen LogP contribution >= 0.6 is 11.6 Å². The average Bonchev–Trinajstić information content (AvgIpc) is 2.40. The second-order valence-electron chi connectivity index (χ2n) is 5.11. The number of carbonyl (C=O) groups is 1. The standard InChI is InChI=1S/C15H20ClNO/c1-2-11-3-9-14(10-4-11)17-15(18)12-5-7-13(16)8-6-12/h5-8,11,14H,2-4,9-10H2,1H3,(H,17,18). The summed E-state index contributed by atoms with van der Waals surface area (Å²) in [6.07, 6.45) is 5.96. The van der Waals surface area contributed by atoms with E-state index in [0.29, 0.717) is 16.6 Å². The van der Waals surface area contributed by atoms with Crippen LogP contribution in [-0.4, -0.2) is 11.9 Å². The summed E-state index contributed by atoms with van der Waals surface area (Å²) in [5.41, 5.74) is 0.692. The molecule has 1 aliphatic rings. The largest absolute Gasteiger partial charge is 0.349 e. The predicted octanol–water partition coefficient (Wildman–Crippen LogP) is 4.04. The van der Waals surface area contributed by atoms with Crippen molar-refractivity contribution in [2.75, 3.05) is 0 Å². The van der Waals surface area contributed by atoms with Gasteiger partial charge in [-0.25, -0.2) is 0 Å². The van der Waals surface area contributed by atoms with Crippen molar-refractivity contribution in [1.82, 2.24) is 5.32 Å². The fourth-order valence-corrected chi connectivity index (χ4v) is 2.71. The molecule has 1 fully saturated rings. The van der Waals surface area contributed by atoms with Gasteiger partial charge < -0.3 is 5.32 Å². The van der Waals surface area contributed by atoms with Crippen molar-refractivity contribution in [1.29, 1.82) is 0 Å². The third kappa shape index (κ3) is 3.49. The summed E-state index contributed by atoms with van der Waals surface area (Å²) in [6.45, 7) is 2.25. The Balaban J connectivity index is 1.86. The second kappa shape index (κ2) is 6.24. The highest BCUT2D eigenvalue weighted by atomic mass is 35.5. The molecule has 1 amide bonds. The molecule has 0 aliphatic heterocycles. The molecular formula is C15H20ClNO. The normalized spacial score (nSPS) is 23.7. The molecule has 0 unspecified atom stereocenters. The maximum absolute atomic E-state index is 12.0. The van der Waals surface area contributed by atoms with E-state index < -0.39 is 0 Å². The monoisotopic (exact) mass is 265 g/mol. The number of hydrogen-bond donors (Lipinski definition) is 1. The van der Waals surface area contributed by atoms with E-state index in [9.17, 15) is 4.79 Å². The Labute approximate surface area is 114 Å². The number of rotatable bonds is 3. The highest BCUT2D eigenvalue weighted by molar-refractivity contribution is 6.30. The first kappa shape index (κ1) is 13.4. The van der Waals surface area contributed by atoms with Crippen molar-refractivity contribution in [3.8, 4) is 0 Å². The summed E-state index contributed by atoms with van der Waals surface area (Å²) < 4.78 is 0. The van der Waals surface area contributed by atoms with Gasteiger partial charge in [-0.05, 0) is 55.9 Å². The minimum atomic E-state index is 0.0200. The third-order valence-corrected chi connectivity index (χ3v) is 4.12. The van der Waals surface area contributed by atoms with Crippen molar-refractivity contribution in [2.45, 2.75) is 45.1 Å². The molecular weight excluding hydrogens is 246 g/mol. The molecule has 18 heavy (non-hydrogen) atoms. The number of benzene rings is 1. The molecule has 0 aromatic heterocycles. The molecule has 0 radical (unpaired) electrons. The van der Waals surface area contributed by atoms with Gasteiger partial charge in [0, 0.05) is 16.6 Å². The van der Waals surface area contributed by atoms with Crippen molar-refractivity contribution in [2.24, 2.45) is 5.92 Å². The molecule has 3 heteroatoms. The molecule has 1 aromatic carbocycles. The summed E-state index contributed by atoms with van der Waals surface area (Å²) in [6, 6.07) is 7.40. The Morgan fingerprint density at radius 1 is 1.22 bits per heavy atom. The Bertz CT molecular complexity index is 393. The van der Waals surface area contributed by atoms with Gasteiger partial charge in [0.15, 0.2) is 0 Å². The van der Waals surface area contributed by atoms with Gasteiger partial charge in [-0.3, -0.25) is 4.79 Å². The van der Waals surface area contributed by atoms with E-state index >= 15 is 0 Å². The lowest BCUT2D eigenvalue weighted by Gasteiger charge is -2.28. The summed E-state index contributed by atoms with van der Waals surface area (Å²) in [5.74, 6) is 0.875. The lowest BCUT2D eigenvalue weighted by molar-refractivity contribution is 0.0921. The van der Waals surface area contributed by atoms with Gasteiger partial charge in [0.2, 0.25) is 0 Å². The molecule has 0 atom stereocenters. The molecule has 0 bridgehead atoms. The average molecular weight is 266 g/mol. The van der Waals surface area contributed by atoms with E-state index in [0.717, 1.165) is 18.8 Å². The Morgan fingerprint density at radius 3 is 2.39 bits per heavy atom. The van der Waals surface area contributed by atoms with Crippen LogP contribution in [0.5, 0.6) is 0 Å². The van der Waals surface area contributed by atoms with Crippen LogP contribution in [-0.2, 0) is 0 Å². The molecule has 1 aliphatic carbocycles. The van der Waals surface area contributed by atoms with Crippen LogP contribution in [0.15, 0.2) is 24.3 Å². The van der Waals surface area contributed by atoms with Crippen molar-refractivity contribution in [3.63, 3.8) is 0 Å². The molecule has 0 saturated heterocycles. The molecule has 2 rings (SSSR count). The lowest BCUT2D eigenvalue weighted by Crippen LogP contribution is -2.37. The number of amides is 1. The van der Waals surface area contributed by atoms with E-state index in [-0.39, 0.29) is 5.91 Å². The maximum atomic E-state index is 12.0. The van der Waals surface area contributed by atoms with Crippen LogP contribution in [0.2, 0.25) is 5.02 Å². The second-order valence-corrected chi connectivity index (χ2v) is 5.54. The van der Waals surface area contributed by atoms with Gasteiger partial charge in [0.05, 0.1) is 0 Å². The molecule has 0 spiro atoms. The van der Waals surface area contributed by atoms with Crippen LogP contribution in [0.3, 0.4) is 0 Å². The zero-order valence-corrected chi connectivity index (χ0v) is 11.5. The van der Waals surface area contributed by atoms with Crippen molar-refractivity contribution < 1.29 is 4.79 Å². The van der Waals surface area contributed by atoms with Gasteiger partial charge in [0.1, 0.15) is 0 Å². The van der Waals surface area contributed by atoms with Crippen LogP contribution in [0.25, 0.3) is 0 Å². The Kier molecular flexibility index (Phi) is 4.65. The lowest BCUT2D eigenvalue weighted by atomic mass is 9.84. The van der Waals surface area contributed by atoms with Gasteiger partial charge in [-0.15, -0.1) is 0 Å². The minimum absolute atomic E-state index is 0.0200. The zero-order valence-electron chi connectivity index (χ0n) is 10.8. The summed E-state index contributed by atoms with van der Waals surface area (Å²) in [7, 11) is 0. The molecule has 98 valence electrons. The van der Waals surface area contributed by atoms with Gasteiger partial charge in [0.25, 0.3) is 5.91 Å². The number of nitrogens with one attached hydrogen (secondary N) is 1. The number of hydrogen-bond acceptors (Lipinski definition) is 1. The van der Waals surface area contributed by atoms with E-state index in [2.05, 4.69) is 12.2 Å². The fourth-order valence-electron chi connectivity index (χ4n) is 2.59. The summed E-state index contributed by atoms with van der Waals surface area (Å²) in [4.78, 5) is 12.0. The minimum Gasteiger partial charge on any atom is -0.349 e. The zero-order chi connectivity index (χ0) is 13.0.